The Bertz CT molecular complexity index is 702. The number of hydrogen-bond acceptors (Lipinski definition) is 2. The Morgan fingerprint density at radius 3 is 2.19 bits per heavy atom. The van der Waals surface area contributed by atoms with Gasteiger partial charge in [0, 0.05) is 24.0 Å². The average molecular weight is 352 g/mol. The van der Waals surface area contributed by atoms with Crippen LogP contribution in [0, 0.1) is 0 Å². The lowest BCUT2D eigenvalue weighted by molar-refractivity contribution is 0.0711. The highest BCUT2D eigenvalue weighted by molar-refractivity contribution is 5.27. The Balaban J connectivity index is 1.26. The molecule has 0 spiro atoms. The van der Waals surface area contributed by atoms with Crippen LogP contribution in [0.3, 0.4) is 0 Å². The first-order valence-electron chi connectivity index (χ1n) is 9.85. The molecule has 0 aliphatic heterocycles. The van der Waals surface area contributed by atoms with E-state index in [2.05, 4.69) is 41.7 Å². The first-order chi connectivity index (χ1) is 12.6. The molecule has 2 aromatic carbocycles. The second-order valence-electron chi connectivity index (χ2n) is 8.42. The van der Waals surface area contributed by atoms with Gasteiger partial charge in [-0.2, -0.15) is 0 Å². The van der Waals surface area contributed by atoms with Gasteiger partial charge in [0.25, 0.3) is 0 Å². The van der Waals surface area contributed by atoms with E-state index in [0.29, 0.717) is 31.3 Å². The van der Waals surface area contributed by atoms with Gasteiger partial charge in [0.1, 0.15) is 5.67 Å². The van der Waals surface area contributed by atoms with E-state index in [4.69, 9.17) is 5.73 Å². The molecule has 0 saturated heterocycles. The summed E-state index contributed by atoms with van der Waals surface area (Å²) in [6.07, 6.45) is 4.60. The fourth-order valence-electron chi connectivity index (χ4n) is 4.36. The first kappa shape index (κ1) is 17.7. The Labute approximate surface area is 156 Å². The summed E-state index contributed by atoms with van der Waals surface area (Å²) >= 11 is 0. The maximum absolute atomic E-state index is 15.3. The van der Waals surface area contributed by atoms with E-state index in [0.717, 1.165) is 25.7 Å². The van der Waals surface area contributed by atoms with Crippen LogP contribution >= 0.6 is 0 Å². The topological polar surface area (TPSA) is 38.0 Å². The molecular weight excluding hydrogens is 323 g/mol. The van der Waals surface area contributed by atoms with Crippen molar-refractivity contribution in [1.29, 1.82) is 0 Å². The molecular formula is C23H29FN2. The van der Waals surface area contributed by atoms with Gasteiger partial charge >= 0.3 is 0 Å². The van der Waals surface area contributed by atoms with E-state index in [1.165, 1.54) is 11.1 Å². The van der Waals surface area contributed by atoms with Gasteiger partial charge in [-0.3, -0.25) is 0 Å². The zero-order valence-corrected chi connectivity index (χ0v) is 15.3. The molecule has 2 aliphatic rings. The molecule has 2 aromatic rings. The van der Waals surface area contributed by atoms with Crippen LogP contribution in [-0.2, 0) is 6.42 Å². The molecule has 2 fully saturated rings. The van der Waals surface area contributed by atoms with Crippen molar-refractivity contribution in [3.05, 3.63) is 71.8 Å². The van der Waals surface area contributed by atoms with Crippen molar-refractivity contribution in [2.45, 2.75) is 61.7 Å². The monoisotopic (exact) mass is 352 g/mol. The molecule has 3 heteroatoms. The molecule has 2 saturated carbocycles. The van der Waals surface area contributed by atoms with Crippen molar-refractivity contribution < 1.29 is 4.39 Å². The highest BCUT2D eigenvalue weighted by atomic mass is 19.1. The molecule has 0 heterocycles. The van der Waals surface area contributed by atoms with Crippen LogP contribution in [0.5, 0.6) is 0 Å². The van der Waals surface area contributed by atoms with Crippen LogP contribution in [0.15, 0.2) is 60.7 Å². The van der Waals surface area contributed by atoms with Crippen molar-refractivity contribution in [3.63, 3.8) is 0 Å². The average Bonchev–Trinajstić information content (AvgIpc) is 3.45. The Morgan fingerprint density at radius 1 is 0.923 bits per heavy atom. The van der Waals surface area contributed by atoms with Crippen molar-refractivity contribution in [2.24, 2.45) is 5.73 Å². The fraction of sp³-hybridized carbons (Fsp3) is 0.478. The summed E-state index contributed by atoms with van der Waals surface area (Å²) in [7, 11) is 0. The number of nitrogens with two attached hydrogens (primary N) is 1. The highest BCUT2D eigenvalue weighted by Crippen LogP contribution is 2.42. The van der Waals surface area contributed by atoms with Crippen molar-refractivity contribution in [2.75, 3.05) is 6.54 Å². The summed E-state index contributed by atoms with van der Waals surface area (Å²) in [5, 5.41) is 3.48. The molecule has 0 aromatic heterocycles. The standard InChI is InChI=1S/C23H29FN2/c24-22(17-26-21-15-20(21)19-9-5-2-6-10-19)11-13-23(25,14-12-22)16-18-7-3-1-4-8-18/h1-10,20-21,26H,11-17,25H2. The fourth-order valence-corrected chi connectivity index (χ4v) is 4.36. The van der Waals surface area contributed by atoms with E-state index < -0.39 is 5.67 Å². The minimum Gasteiger partial charge on any atom is -0.325 e. The van der Waals surface area contributed by atoms with E-state index in [1.54, 1.807) is 0 Å². The molecule has 0 bridgehead atoms. The first-order valence-corrected chi connectivity index (χ1v) is 9.85. The summed E-state index contributed by atoms with van der Waals surface area (Å²) in [4.78, 5) is 0. The minimum atomic E-state index is -1.11. The molecule has 2 atom stereocenters. The van der Waals surface area contributed by atoms with Crippen LogP contribution < -0.4 is 11.1 Å². The van der Waals surface area contributed by atoms with Gasteiger partial charge in [-0.05, 0) is 49.7 Å². The predicted molar refractivity (Wildman–Crippen MR) is 105 cm³/mol. The highest BCUT2D eigenvalue weighted by Gasteiger charge is 2.44. The molecule has 0 amide bonds. The quantitative estimate of drug-likeness (QED) is 0.811. The van der Waals surface area contributed by atoms with Crippen molar-refractivity contribution in [1.82, 2.24) is 5.32 Å². The predicted octanol–water partition coefficient (Wildman–Crippen LogP) is 4.35. The smallest absolute Gasteiger partial charge is 0.123 e. The molecule has 3 N–H and O–H groups in total. The summed E-state index contributed by atoms with van der Waals surface area (Å²) in [6.45, 7) is 0.461. The van der Waals surface area contributed by atoms with Crippen LogP contribution in [0.1, 0.15) is 49.1 Å². The van der Waals surface area contributed by atoms with Gasteiger partial charge in [-0.15, -0.1) is 0 Å². The van der Waals surface area contributed by atoms with E-state index >= 15 is 4.39 Å². The van der Waals surface area contributed by atoms with Gasteiger partial charge in [0.2, 0.25) is 0 Å². The number of halogens is 1. The largest absolute Gasteiger partial charge is 0.325 e. The maximum Gasteiger partial charge on any atom is 0.123 e. The maximum atomic E-state index is 15.3. The van der Waals surface area contributed by atoms with E-state index in [-0.39, 0.29) is 5.54 Å². The zero-order chi connectivity index (χ0) is 18.0. The summed E-state index contributed by atoms with van der Waals surface area (Å²) < 4.78 is 15.3. The second-order valence-corrected chi connectivity index (χ2v) is 8.42. The SMILES string of the molecule is NC1(Cc2ccccc2)CCC(F)(CNC2CC2c2ccccc2)CC1. The molecule has 26 heavy (non-hydrogen) atoms. The van der Waals surface area contributed by atoms with E-state index in [9.17, 15) is 0 Å². The molecule has 2 nitrogen and oxygen atoms in total. The third-order valence-corrected chi connectivity index (χ3v) is 6.24. The number of hydrogen-bond donors (Lipinski definition) is 2. The van der Waals surface area contributed by atoms with Gasteiger partial charge in [-0.1, -0.05) is 60.7 Å². The van der Waals surface area contributed by atoms with Crippen LogP contribution in [0.2, 0.25) is 0 Å². The van der Waals surface area contributed by atoms with Crippen molar-refractivity contribution >= 4 is 0 Å². The summed E-state index contributed by atoms with van der Waals surface area (Å²) in [5.41, 5.74) is 7.84. The Kier molecular flexibility index (Phi) is 4.85. The molecule has 2 unspecified atom stereocenters. The Morgan fingerprint density at radius 2 is 1.54 bits per heavy atom. The van der Waals surface area contributed by atoms with Gasteiger partial charge in [0.15, 0.2) is 0 Å². The summed E-state index contributed by atoms with van der Waals surface area (Å²) in [5.74, 6) is 0.551. The minimum absolute atomic E-state index is 0.261. The molecule has 0 radical (unpaired) electrons. The number of nitrogens with one attached hydrogen (secondary N) is 1. The van der Waals surface area contributed by atoms with Crippen LogP contribution in [-0.4, -0.2) is 23.8 Å². The normalized spacial score (nSPS) is 33.8. The van der Waals surface area contributed by atoms with Gasteiger partial charge in [-0.25, -0.2) is 4.39 Å². The van der Waals surface area contributed by atoms with Crippen LogP contribution in [0.25, 0.3) is 0 Å². The third kappa shape index (κ3) is 4.16. The lowest BCUT2D eigenvalue weighted by Crippen LogP contribution is -2.51. The second kappa shape index (κ2) is 7.13. The Hall–Kier alpha value is -1.71. The molecule has 4 rings (SSSR count). The number of rotatable bonds is 6. The van der Waals surface area contributed by atoms with Crippen LogP contribution in [0.4, 0.5) is 4.39 Å². The lowest BCUT2D eigenvalue weighted by Gasteiger charge is -2.41. The number of alkyl halides is 1. The third-order valence-electron chi connectivity index (χ3n) is 6.24. The van der Waals surface area contributed by atoms with E-state index in [1.807, 2.05) is 24.3 Å². The summed E-state index contributed by atoms with van der Waals surface area (Å²) in [6, 6.07) is 21.3. The molecule has 138 valence electrons. The van der Waals surface area contributed by atoms with Gasteiger partial charge < -0.3 is 11.1 Å². The van der Waals surface area contributed by atoms with Gasteiger partial charge in [0.05, 0.1) is 0 Å². The molecule has 2 aliphatic carbocycles. The van der Waals surface area contributed by atoms with Crippen molar-refractivity contribution in [3.8, 4) is 0 Å². The lowest BCUT2D eigenvalue weighted by atomic mass is 9.72. The number of benzene rings is 2. The zero-order valence-electron chi connectivity index (χ0n) is 15.3.